The molecule has 1 aromatic rings. The summed E-state index contributed by atoms with van der Waals surface area (Å²) >= 11 is 1.28. The summed E-state index contributed by atoms with van der Waals surface area (Å²) in [5.41, 5.74) is 0.913. The van der Waals surface area contributed by atoms with E-state index >= 15 is 0 Å². The van der Waals surface area contributed by atoms with Crippen LogP contribution < -0.4 is 4.90 Å². The first-order valence-electron chi connectivity index (χ1n) is 4.54. The van der Waals surface area contributed by atoms with Crippen molar-refractivity contribution in [2.24, 2.45) is 0 Å². The van der Waals surface area contributed by atoms with Gasteiger partial charge in [0.1, 0.15) is 5.00 Å². The second-order valence-corrected chi connectivity index (χ2v) is 4.37. The molecule has 1 rings (SSSR count). The molecule has 1 N–H and O–H groups in total. The topological polar surface area (TPSA) is 57.6 Å². The van der Waals surface area contributed by atoms with Crippen molar-refractivity contribution >= 4 is 28.7 Å². The Morgan fingerprint density at radius 1 is 1.60 bits per heavy atom. The van der Waals surface area contributed by atoms with E-state index in [4.69, 9.17) is 5.11 Å². The van der Waals surface area contributed by atoms with Crippen LogP contribution >= 0.6 is 11.3 Å². The van der Waals surface area contributed by atoms with E-state index in [2.05, 4.69) is 0 Å². The third kappa shape index (κ3) is 2.18. The summed E-state index contributed by atoms with van der Waals surface area (Å²) in [7, 11) is 0. The average Bonchev–Trinajstić information content (AvgIpc) is 2.48. The summed E-state index contributed by atoms with van der Waals surface area (Å²) in [6.45, 7) is 5.41. The molecule has 15 heavy (non-hydrogen) atoms. The number of hydrogen-bond donors (Lipinski definition) is 1. The first-order chi connectivity index (χ1) is 6.99. The number of carboxylic acids is 1. The molecular formula is C10H13NO3S. The van der Waals surface area contributed by atoms with E-state index in [0.717, 1.165) is 0 Å². The molecule has 0 radical (unpaired) electrons. The minimum absolute atomic E-state index is 0.0429. The summed E-state index contributed by atoms with van der Waals surface area (Å²) in [4.78, 5) is 23.3. The quantitative estimate of drug-likeness (QED) is 0.801. The molecule has 0 aromatic carbocycles. The van der Waals surface area contributed by atoms with Gasteiger partial charge in [0, 0.05) is 6.04 Å². The number of aryl methyl sites for hydroxylation is 1. The van der Waals surface area contributed by atoms with Crippen molar-refractivity contribution in [2.45, 2.75) is 26.8 Å². The first-order valence-corrected chi connectivity index (χ1v) is 5.42. The molecule has 0 aliphatic rings. The van der Waals surface area contributed by atoms with Crippen LogP contribution in [0.2, 0.25) is 0 Å². The fourth-order valence-electron chi connectivity index (χ4n) is 1.28. The Bertz CT molecular complexity index is 384. The predicted molar refractivity (Wildman–Crippen MR) is 59.7 cm³/mol. The molecule has 1 aromatic heterocycles. The molecule has 0 bridgehead atoms. The summed E-state index contributed by atoms with van der Waals surface area (Å²) in [6, 6.07) is -0.0429. The van der Waals surface area contributed by atoms with Crippen molar-refractivity contribution in [1.29, 1.82) is 0 Å². The van der Waals surface area contributed by atoms with Gasteiger partial charge in [-0.15, -0.1) is 11.3 Å². The van der Waals surface area contributed by atoms with Crippen LogP contribution in [0.1, 0.15) is 29.8 Å². The highest BCUT2D eigenvalue weighted by Gasteiger charge is 2.21. The number of aromatic carboxylic acids is 1. The number of carbonyl (C=O) groups excluding carboxylic acids is 1. The number of carboxylic acid groups (broad SMARTS) is 1. The zero-order valence-corrected chi connectivity index (χ0v) is 9.67. The van der Waals surface area contributed by atoms with Gasteiger partial charge < -0.3 is 10.0 Å². The van der Waals surface area contributed by atoms with Crippen molar-refractivity contribution in [3.63, 3.8) is 0 Å². The molecule has 82 valence electrons. The minimum Gasteiger partial charge on any atom is -0.478 e. The number of carbonyl (C=O) groups is 2. The molecule has 0 aliphatic carbocycles. The van der Waals surface area contributed by atoms with Gasteiger partial charge in [-0.3, -0.25) is 4.79 Å². The van der Waals surface area contributed by atoms with Gasteiger partial charge in [-0.1, -0.05) is 0 Å². The number of rotatable bonds is 4. The van der Waals surface area contributed by atoms with E-state index in [0.29, 0.717) is 17.0 Å². The smallest absolute Gasteiger partial charge is 0.338 e. The second-order valence-electron chi connectivity index (χ2n) is 3.51. The molecule has 1 amide bonds. The lowest BCUT2D eigenvalue weighted by atomic mass is 10.2. The predicted octanol–water partition coefficient (Wildman–Crippen LogP) is 2.13. The number of anilines is 1. The van der Waals surface area contributed by atoms with E-state index in [1.807, 2.05) is 13.8 Å². The second kappa shape index (κ2) is 4.44. The van der Waals surface area contributed by atoms with Gasteiger partial charge in [0.05, 0.1) is 5.56 Å². The molecule has 0 unspecified atom stereocenters. The van der Waals surface area contributed by atoms with Gasteiger partial charge in [0.25, 0.3) is 0 Å². The molecule has 5 heteroatoms. The third-order valence-electron chi connectivity index (χ3n) is 2.07. The highest BCUT2D eigenvalue weighted by atomic mass is 32.1. The SMILES string of the molecule is Cc1csc(N(C=O)C(C)C)c1C(=O)O. The van der Waals surface area contributed by atoms with Gasteiger partial charge in [-0.25, -0.2) is 4.79 Å². The van der Waals surface area contributed by atoms with Crippen molar-refractivity contribution in [2.75, 3.05) is 4.90 Å². The van der Waals surface area contributed by atoms with Crippen LogP contribution in [0.4, 0.5) is 5.00 Å². The first kappa shape index (κ1) is 11.7. The Morgan fingerprint density at radius 3 is 2.60 bits per heavy atom. The zero-order valence-electron chi connectivity index (χ0n) is 8.85. The monoisotopic (exact) mass is 227 g/mol. The van der Waals surface area contributed by atoms with Crippen LogP contribution in [0, 0.1) is 6.92 Å². The normalized spacial score (nSPS) is 10.4. The standard InChI is InChI=1S/C10H13NO3S/c1-6(2)11(5-12)9-8(10(13)14)7(3)4-15-9/h4-6H,1-3H3,(H,13,14). The Labute approximate surface area is 92.1 Å². The molecule has 0 aliphatic heterocycles. The molecule has 4 nitrogen and oxygen atoms in total. The number of nitrogens with zero attached hydrogens (tertiary/aromatic N) is 1. The van der Waals surface area contributed by atoms with Crippen LogP contribution in [-0.4, -0.2) is 23.5 Å². The molecule has 0 fully saturated rings. The highest BCUT2D eigenvalue weighted by molar-refractivity contribution is 7.15. The fraction of sp³-hybridized carbons (Fsp3) is 0.400. The number of hydrogen-bond acceptors (Lipinski definition) is 3. The van der Waals surface area contributed by atoms with Crippen molar-refractivity contribution in [3.8, 4) is 0 Å². The zero-order chi connectivity index (χ0) is 11.6. The van der Waals surface area contributed by atoms with Crippen LogP contribution in [0.3, 0.4) is 0 Å². The summed E-state index contributed by atoms with van der Waals surface area (Å²) < 4.78 is 0. The van der Waals surface area contributed by atoms with Crippen LogP contribution in [0.25, 0.3) is 0 Å². The minimum atomic E-state index is -0.990. The largest absolute Gasteiger partial charge is 0.478 e. The number of amides is 1. The molecule has 0 saturated heterocycles. The maximum atomic E-state index is 11.0. The lowest BCUT2D eigenvalue weighted by molar-refractivity contribution is -0.107. The Kier molecular flexibility index (Phi) is 3.47. The van der Waals surface area contributed by atoms with E-state index in [-0.39, 0.29) is 11.6 Å². The van der Waals surface area contributed by atoms with Gasteiger partial charge in [-0.05, 0) is 31.7 Å². The van der Waals surface area contributed by atoms with E-state index in [1.54, 1.807) is 12.3 Å². The van der Waals surface area contributed by atoms with Crippen LogP contribution in [-0.2, 0) is 4.79 Å². The summed E-state index contributed by atoms with van der Waals surface area (Å²) in [5, 5.41) is 11.3. The molecule has 0 saturated carbocycles. The van der Waals surface area contributed by atoms with E-state index < -0.39 is 5.97 Å². The molecule has 1 heterocycles. The lowest BCUT2D eigenvalue weighted by Crippen LogP contribution is -2.29. The maximum absolute atomic E-state index is 11.0. The van der Waals surface area contributed by atoms with Gasteiger partial charge >= 0.3 is 5.97 Å². The lowest BCUT2D eigenvalue weighted by Gasteiger charge is -2.20. The van der Waals surface area contributed by atoms with Crippen molar-refractivity contribution in [3.05, 3.63) is 16.5 Å². The Morgan fingerprint density at radius 2 is 2.20 bits per heavy atom. The van der Waals surface area contributed by atoms with Crippen molar-refractivity contribution in [1.82, 2.24) is 0 Å². The van der Waals surface area contributed by atoms with Crippen molar-refractivity contribution < 1.29 is 14.7 Å². The third-order valence-corrected chi connectivity index (χ3v) is 3.18. The Balaban J connectivity index is 3.24. The maximum Gasteiger partial charge on any atom is 0.338 e. The molecule has 0 spiro atoms. The highest BCUT2D eigenvalue weighted by Crippen LogP contribution is 2.31. The Hall–Kier alpha value is -1.36. The summed E-state index contributed by atoms with van der Waals surface area (Å²) in [6.07, 6.45) is 0.669. The molecule has 0 atom stereocenters. The van der Waals surface area contributed by atoms with E-state index in [1.165, 1.54) is 16.2 Å². The van der Waals surface area contributed by atoms with Gasteiger partial charge in [0.2, 0.25) is 6.41 Å². The molecular weight excluding hydrogens is 214 g/mol. The van der Waals surface area contributed by atoms with Gasteiger partial charge in [0.15, 0.2) is 0 Å². The fourth-order valence-corrected chi connectivity index (χ4v) is 2.43. The average molecular weight is 227 g/mol. The van der Waals surface area contributed by atoms with E-state index in [9.17, 15) is 9.59 Å². The summed E-state index contributed by atoms with van der Waals surface area (Å²) in [5.74, 6) is -0.990. The van der Waals surface area contributed by atoms with Crippen LogP contribution in [0.5, 0.6) is 0 Å². The van der Waals surface area contributed by atoms with Crippen LogP contribution in [0.15, 0.2) is 5.38 Å². The van der Waals surface area contributed by atoms with Gasteiger partial charge in [-0.2, -0.15) is 0 Å². The number of thiophene rings is 1.